The Hall–Kier alpha value is -1.08. The van der Waals surface area contributed by atoms with Crippen molar-refractivity contribution >= 4 is 17.4 Å². The van der Waals surface area contributed by atoms with Crippen LogP contribution < -0.4 is 5.32 Å². The lowest BCUT2D eigenvalue weighted by atomic mass is 10.1. The minimum absolute atomic E-state index is 0.0502. The number of rotatable bonds is 2. The monoisotopic (exact) mass is 281 g/mol. The maximum absolute atomic E-state index is 12.5. The Labute approximate surface area is 107 Å². The molecule has 0 aliphatic carbocycles. The van der Waals surface area contributed by atoms with Crippen molar-refractivity contribution < 1.29 is 17.9 Å². The smallest absolute Gasteiger partial charge is 0.379 e. The van der Waals surface area contributed by atoms with Crippen molar-refractivity contribution in [1.82, 2.24) is 9.97 Å². The van der Waals surface area contributed by atoms with Gasteiger partial charge in [0.05, 0.1) is 12.6 Å². The molecule has 2 rings (SSSR count). The molecule has 0 spiro atoms. The second-order valence-corrected chi connectivity index (χ2v) is 4.30. The summed E-state index contributed by atoms with van der Waals surface area (Å²) in [7, 11) is 0. The quantitative estimate of drug-likeness (QED) is 0.847. The molecular weight excluding hydrogens is 271 g/mol. The largest absolute Gasteiger partial charge is 0.433 e. The molecule has 8 heteroatoms. The van der Waals surface area contributed by atoms with Gasteiger partial charge in [-0.2, -0.15) is 13.2 Å². The summed E-state index contributed by atoms with van der Waals surface area (Å²) in [5.74, 6) is 0.0674. The molecule has 18 heavy (non-hydrogen) atoms. The Kier molecular flexibility index (Phi) is 3.91. The van der Waals surface area contributed by atoms with E-state index in [0.29, 0.717) is 13.2 Å². The molecule has 0 saturated carbocycles. The van der Waals surface area contributed by atoms with Crippen molar-refractivity contribution in [2.45, 2.75) is 25.1 Å². The third-order valence-electron chi connectivity index (χ3n) is 2.50. The fourth-order valence-electron chi connectivity index (χ4n) is 1.70. The van der Waals surface area contributed by atoms with E-state index in [9.17, 15) is 13.2 Å². The highest BCUT2D eigenvalue weighted by Crippen LogP contribution is 2.29. The van der Waals surface area contributed by atoms with Crippen molar-refractivity contribution in [2.75, 3.05) is 18.5 Å². The number of anilines is 1. The van der Waals surface area contributed by atoms with Crippen molar-refractivity contribution in [3.63, 3.8) is 0 Å². The first-order valence-electron chi connectivity index (χ1n) is 5.41. The van der Waals surface area contributed by atoms with Gasteiger partial charge < -0.3 is 10.1 Å². The van der Waals surface area contributed by atoms with Crippen LogP contribution in [0.2, 0.25) is 5.28 Å². The first-order chi connectivity index (χ1) is 8.45. The Bertz CT molecular complexity index is 421. The number of halogens is 4. The lowest BCUT2D eigenvalue weighted by Gasteiger charge is -2.23. The SMILES string of the molecule is FC(F)(F)c1cc(NC2CCCOC2)nc(Cl)n1. The zero-order valence-corrected chi connectivity index (χ0v) is 10.1. The lowest BCUT2D eigenvalue weighted by Crippen LogP contribution is -2.30. The van der Waals surface area contributed by atoms with E-state index in [-0.39, 0.29) is 11.9 Å². The predicted octanol–water partition coefficient (Wildman–Crippen LogP) is 2.74. The molecule has 1 atom stereocenters. The molecular formula is C10H11ClF3N3O. The van der Waals surface area contributed by atoms with Crippen molar-refractivity contribution in [1.29, 1.82) is 0 Å². The molecule has 1 saturated heterocycles. The minimum atomic E-state index is -4.54. The Morgan fingerprint density at radius 3 is 2.78 bits per heavy atom. The molecule has 0 radical (unpaired) electrons. The van der Waals surface area contributed by atoms with Crippen LogP contribution in [0.15, 0.2) is 6.07 Å². The standard InChI is InChI=1S/C10H11ClF3N3O/c11-9-16-7(10(12,13)14)4-8(17-9)15-6-2-1-3-18-5-6/h4,6H,1-3,5H2,(H,15,16,17). The van der Waals surface area contributed by atoms with Gasteiger partial charge in [-0.25, -0.2) is 9.97 Å². The number of nitrogens with zero attached hydrogens (tertiary/aromatic N) is 2. The third kappa shape index (κ3) is 3.46. The molecule has 1 aromatic heterocycles. The molecule has 1 unspecified atom stereocenters. The second-order valence-electron chi connectivity index (χ2n) is 3.96. The van der Waals surface area contributed by atoms with Gasteiger partial charge in [-0.1, -0.05) is 0 Å². The van der Waals surface area contributed by atoms with Crippen LogP contribution in [0.25, 0.3) is 0 Å². The summed E-state index contributed by atoms with van der Waals surface area (Å²) in [6.45, 7) is 1.12. The second kappa shape index (κ2) is 5.27. The maximum Gasteiger partial charge on any atom is 0.433 e. The highest BCUT2D eigenvalue weighted by atomic mass is 35.5. The van der Waals surface area contributed by atoms with E-state index in [1.807, 2.05) is 0 Å². The van der Waals surface area contributed by atoms with Gasteiger partial charge in [0, 0.05) is 12.7 Å². The van der Waals surface area contributed by atoms with Crippen LogP contribution >= 0.6 is 11.6 Å². The van der Waals surface area contributed by atoms with E-state index in [4.69, 9.17) is 16.3 Å². The van der Waals surface area contributed by atoms with Gasteiger partial charge >= 0.3 is 6.18 Å². The normalized spacial score (nSPS) is 20.8. The molecule has 0 aromatic carbocycles. The van der Waals surface area contributed by atoms with Crippen LogP contribution in [-0.2, 0) is 10.9 Å². The van der Waals surface area contributed by atoms with E-state index in [1.165, 1.54) is 0 Å². The highest BCUT2D eigenvalue weighted by Gasteiger charge is 2.33. The van der Waals surface area contributed by atoms with Gasteiger partial charge in [-0.3, -0.25) is 0 Å². The van der Waals surface area contributed by atoms with Crippen molar-refractivity contribution in [3.8, 4) is 0 Å². The number of alkyl halides is 3. The fourth-order valence-corrected chi connectivity index (χ4v) is 1.88. The Morgan fingerprint density at radius 1 is 1.39 bits per heavy atom. The van der Waals surface area contributed by atoms with Gasteiger partial charge in [0.1, 0.15) is 5.82 Å². The summed E-state index contributed by atoms with van der Waals surface area (Å²) in [5.41, 5.74) is -1.05. The van der Waals surface area contributed by atoms with Gasteiger partial charge in [0.2, 0.25) is 5.28 Å². The number of ether oxygens (including phenoxy) is 1. The molecule has 100 valence electrons. The Morgan fingerprint density at radius 2 is 2.17 bits per heavy atom. The van der Waals surface area contributed by atoms with Gasteiger partial charge in [0.25, 0.3) is 0 Å². The number of nitrogens with one attached hydrogen (secondary N) is 1. The average Bonchev–Trinajstić information content (AvgIpc) is 2.28. The summed E-state index contributed by atoms with van der Waals surface area (Å²) in [4.78, 5) is 6.89. The van der Waals surface area contributed by atoms with E-state index in [0.717, 1.165) is 18.9 Å². The van der Waals surface area contributed by atoms with Crippen LogP contribution in [-0.4, -0.2) is 29.2 Å². The molecule has 2 heterocycles. The van der Waals surface area contributed by atoms with Crippen molar-refractivity contribution in [3.05, 3.63) is 17.0 Å². The van der Waals surface area contributed by atoms with Gasteiger partial charge in [-0.05, 0) is 24.4 Å². The predicted molar refractivity (Wildman–Crippen MR) is 59.5 cm³/mol. The third-order valence-corrected chi connectivity index (χ3v) is 2.67. The summed E-state index contributed by atoms with van der Waals surface area (Å²) < 4.78 is 42.8. The number of hydrogen-bond donors (Lipinski definition) is 1. The molecule has 4 nitrogen and oxygen atoms in total. The molecule has 1 N–H and O–H groups in total. The van der Waals surface area contributed by atoms with Crippen LogP contribution in [0, 0.1) is 0 Å². The summed E-state index contributed by atoms with van der Waals surface area (Å²) >= 11 is 5.48. The summed E-state index contributed by atoms with van der Waals surface area (Å²) in [6.07, 6.45) is -2.85. The van der Waals surface area contributed by atoms with Crippen molar-refractivity contribution in [2.24, 2.45) is 0 Å². The molecule has 1 aromatic rings. The zero-order chi connectivity index (χ0) is 13.2. The number of hydrogen-bond acceptors (Lipinski definition) is 4. The zero-order valence-electron chi connectivity index (χ0n) is 9.30. The molecule has 1 fully saturated rings. The molecule has 1 aliphatic heterocycles. The van der Waals surface area contributed by atoms with E-state index in [1.54, 1.807) is 0 Å². The van der Waals surface area contributed by atoms with E-state index >= 15 is 0 Å². The highest BCUT2D eigenvalue weighted by molar-refractivity contribution is 6.28. The molecule has 0 bridgehead atoms. The van der Waals surface area contributed by atoms with E-state index in [2.05, 4.69) is 15.3 Å². The summed E-state index contributed by atoms with van der Waals surface area (Å²) in [6, 6.07) is 0.798. The lowest BCUT2D eigenvalue weighted by molar-refractivity contribution is -0.141. The number of aromatic nitrogens is 2. The minimum Gasteiger partial charge on any atom is -0.379 e. The first kappa shape index (κ1) is 13.4. The topological polar surface area (TPSA) is 47.0 Å². The van der Waals surface area contributed by atoms with Gasteiger partial charge in [0.15, 0.2) is 5.69 Å². The van der Waals surface area contributed by atoms with Crippen LogP contribution in [0.3, 0.4) is 0 Å². The summed E-state index contributed by atoms with van der Waals surface area (Å²) in [5, 5.41) is 2.45. The maximum atomic E-state index is 12.5. The molecule has 1 aliphatic rings. The van der Waals surface area contributed by atoms with Crippen LogP contribution in [0.1, 0.15) is 18.5 Å². The van der Waals surface area contributed by atoms with Gasteiger partial charge in [-0.15, -0.1) is 0 Å². The fraction of sp³-hybridized carbons (Fsp3) is 0.600. The van der Waals surface area contributed by atoms with Crippen LogP contribution in [0.4, 0.5) is 19.0 Å². The Balaban J connectivity index is 2.14. The van der Waals surface area contributed by atoms with Crippen LogP contribution in [0.5, 0.6) is 0 Å². The first-order valence-corrected chi connectivity index (χ1v) is 5.79. The average molecular weight is 282 g/mol. The van der Waals surface area contributed by atoms with E-state index < -0.39 is 17.2 Å². The molecule has 0 amide bonds.